The van der Waals surface area contributed by atoms with Crippen molar-refractivity contribution in [3.05, 3.63) is 109 Å². The van der Waals surface area contributed by atoms with Crippen molar-refractivity contribution in [2.24, 2.45) is 29.6 Å². The Morgan fingerprint density at radius 1 is 0.760 bits per heavy atom. The van der Waals surface area contributed by atoms with Gasteiger partial charge in [-0.2, -0.15) is 0 Å². The number of amides is 2. The molecule has 6 rings (SSSR count). The van der Waals surface area contributed by atoms with Crippen LogP contribution in [-0.4, -0.2) is 51.8 Å². The van der Waals surface area contributed by atoms with Crippen LogP contribution in [0, 0.1) is 29.6 Å². The summed E-state index contributed by atoms with van der Waals surface area (Å²) >= 11 is 0. The lowest BCUT2D eigenvalue weighted by Gasteiger charge is -2.44. The topological polar surface area (TPSA) is 72.9 Å². The predicted octanol–water partition coefficient (Wildman–Crippen LogP) is 7.15. The number of rotatable bonds is 11. The highest BCUT2D eigenvalue weighted by Gasteiger charge is 2.60. The summed E-state index contributed by atoms with van der Waals surface area (Å²) in [7, 11) is -4.76. The molecule has 3 aromatic rings. The first-order valence-corrected chi connectivity index (χ1v) is 23.7. The van der Waals surface area contributed by atoms with E-state index in [4.69, 9.17) is 8.85 Å². The maximum absolute atomic E-state index is 14.6. The number of ketones is 1. The van der Waals surface area contributed by atoms with Crippen LogP contribution in [-0.2, 0) is 29.8 Å². The average Bonchev–Trinajstić information content (AvgIpc) is 3.31. The van der Waals surface area contributed by atoms with Crippen molar-refractivity contribution >= 4 is 44.6 Å². The van der Waals surface area contributed by atoms with Crippen molar-refractivity contribution in [1.82, 2.24) is 4.90 Å². The van der Waals surface area contributed by atoms with Crippen molar-refractivity contribution in [2.75, 3.05) is 6.61 Å². The molecule has 1 aliphatic heterocycles. The van der Waals surface area contributed by atoms with E-state index in [0.29, 0.717) is 19.4 Å². The van der Waals surface area contributed by atoms with Gasteiger partial charge >= 0.3 is 0 Å². The molecular weight excluding hydrogens is 655 g/mol. The lowest BCUT2D eigenvalue weighted by molar-refractivity contribution is -0.147. The van der Waals surface area contributed by atoms with Crippen LogP contribution in [0.2, 0.25) is 24.7 Å². The minimum Gasteiger partial charge on any atom is -0.414 e. The lowest BCUT2D eigenvalue weighted by Crippen LogP contribution is -2.66. The number of benzene rings is 3. The van der Waals surface area contributed by atoms with E-state index < -0.39 is 40.5 Å². The van der Waals surface area contributed by atoms with E-state index in [1.807, 2.05) is 30.3 Å². The number of likely N-dealkylation sites (tertiary alicyclic amines) is 1. The number of hydrogen-bond donors (Lipinski definition) is 0. The van der Waals surface area contributed by atoms with Gasteiger partial charge in [0.1, 0.15) is 5.78 Å². The SMILES string of the molecule is CC(C)(C)[Si](OCCC[C@H]1/C=C\C[C@H](O[Si](C)(C)C)[C@@H]2C(=O)[C@H]1C[C@H]1C(=O)N(Cc3ccccc3)C(=O)[C@@H]21)(c1ccccc1)c1ccccc1. The molecule has 3 aliphatic rings. The van der Waals surface area contributed by atoms with Gasteiger partial charge in [-0.05, 0) is 72.2 Å². The van der Waals surface area contributed by atoms with E-state index in [0.717, 1.165) is 18.4 Å². The summed E-state index contributed by atoms with van der Waals surface area (Å²) in [6.07, 6.45) is 6.48. The second kappa shape index (κ2) is 14.7. The summed E-state index contributed by atoms with van der Waals surface area (Å²) in [6, 6.07) is 31.0. The Morgan fingerprint density at radius 3 is 1.90 bits per heavy atom. The maximum atomic E-state index is 14.6. The zero-order valence-corrected chi connectivity index (χ0v) is 32.5. The van der Waals surface area contributed by atoms with E-state index in [-0.39, 0.29) is 41.0 Å². The fourth-order valence-corrected chi connectivity index (χ4v) is 14.6. The molecule has 1 heterocycles. The Bertz CT molecular complexity index is 1640. The highest BCUT2D eigenvalue weighted by atomic mass is 28.4. The molecule has 2 bridgehead atoms. The average molecular weight is 708 g/mol. The third-order valence-corrected chi connectivity index (χ3v) is 17.0. The molecule has 1 saturated carbocycles. The van der Waals surface area contributed by atoms with Crippen LogP contribution in [0.25, 0.3) is 0 Å². The van der Waals surface area contributed by atoms with E-state index in [9.17, 15) is 14.4 Å². The normalized spacial score (nSPS) is 26.4. The van der Waals surface area contributed by atoms with Gasteiger partial charge in [-0.15, -0.1) is 0 Å². The van der Waals surface area contributed by atoms with Crippen LogP contribution in [0.4, 0.5) is 0 Å². The molecule has 0 aromatic heterocycles. The Kier molecular flexibility index (Phi) is 10.7. The van der Waals surface area contributed by atoms with Gasteiger partial charge < -0.3 is 8.85 Å². The molecule has 6 atom stereocenters. The number of hydrogen-bond acceptors (Lipinski definition) is 5. The fraction of sp³-hybridized carbons (Fsp3) is 0.452. The van der Waals surface area contributed by atoms with Gasteiger partial charge in [0.2, 0.25) is 11.8 Å². The first-order valence-electron chi connectivity index (χ1n) is 18.3. The first-order chi connectivity index (χ1) is 23.8. The number of fused-ring (bicyclic) bond motifs is 4. The molecule has 3 aromatic carbocycles. The molecule has 2 amide bonds. The Labute approximate surface area is 300 Å². The molecule has 1 saturated heterocycles. The number of carbonyl (C=O) groups is 3. The molecule has 2 fully saturated rings. The van der Waals surface area contributed by atoms with Crippen molar-refractivity contribution in [3.8, 4) is 0 Å². The van der Waals surface area contributed by atoms with Gasteiger partial charge in [0.05, 0.1) is 30.4 Å². The van der Waals surface area contributed by atoms with Gasteiger partial charge in [-0.3, -0.25) is 19.3 Å². The summed E-state index contributed by atoms with van der Waals surface area (Å²) in [5, 5.41) is 2.38. The molecule has 6 nitrogen and oxygen atoms in total. The largest absolute Gasteiger partial charge is 0.414 e. The summed E-state index contributed by atoms with van der Waals surface area (Å²) in [5.74, 6) is -2.43. The quantitative estimate of drug-likeness (QED) is 0.0917. The van der Waals surface area contributed by atoms with Gasteiger partial charge in [0.15, 0.2) is 8.32 Å². The van der Waals surface area contributed by atoms with E-state index in [1.54, 1.807) is 0 Å². The summed E-state index contributed by atoms with van der Waals surface area (Å²) < 4.78 is 13.9. The molecule has 0 spiro atoms. The first kappa shape index (κ1) is 36.4. The van der Waals surface area contributed by atoms with Crippen LogP contribution >= 0.6 is 0 Å². The number of Topliss-reactive ketones (excluding diaryl/α,β-unsaturated/α-hetero) is 1. The molecular formula is C42H53NO5Si2. The molecule has 0 radical (unpaired) electrons. The molecule has 50 heavy (non-hydrogen) atoms. The molecule has 0 unspecified atom stereocenters. The maximum Gasteiger partial charge on any atom is 0.261 e. The number of allylic oxidation sites excluding steroid dienone is 1. The summed E-state index contributed by atoms with van der Waals surface area (Å²) in [5.41, 5.74) is 0.909. The standard InChI is InChI=1S/C42H53NO5Si2/c1-42(2,3)50(32-22-12-8-13-23-32,33-24-14-9-15-25-33)47-27-17-21-31-20-16-26-36(48-49(4,5)6)38-37-35(28-34(31)39(38)44)40(45)43(41(37)46)29-30-18-10-7-11-19-30/h7-16,18-20,22-25,31,34-38H,17,21,26-29H2,1-6H3/b20-16-/t31-,34+,35-,36+,37-,38+/m1/s1. The lowest BCUT2D eigenvalue weighted by atomic mass is 9.61. The zero-order valence-electron chi connectivity index (χ0n) is 30.5. The number of nitrogens with zero attached hydrogens (tertiary/aromatic N) is 1. The molecule has 0 N–H and O–H groups in total. The number of carbonyl (C=O) groups excluding carboxylic acids is 3. The van der Waals surface area contributed by atoms with Crippen molar-refractivity contribution < 1.29 is 23.2 Å². The van der Waals surface area contributed by atoms with E-state index >= 15 is 0 Å². The van der Waals surface area contributed by atoms with Gasteiger partial charge in [-0.25, -0.2) is 0 Å². The zero-order chi connectivity index (χ0) is 35.7. The Balaban J connectivity index is 1.26. The van der Waals surface area contributed by atoms with Crippen LogP contribution < -0.4 is 10.4 Å². The van der Waals surface area contributed by atoms with Gasteiger partial charge in [0, 0.05) is 12.5 Å². The molecule has 264 valence electrons. The third kappa shape index (κ3) is 7.18. The van der Waals surface area contributed by atoms with Crippen molar-refractivity contribution in [3.63, 3.8) is 0 Å². The Morgan fingerprint density at radius 2 is 1.34 bits per heavy atom. The highest BCUT2D eigenvalue weighted by Crippen LogP contribution is 2.49. The van der Waals surface area contributed by atoms with E-state index in [2.05, 4.69) is 113 Å². The van der Waals surface area contributed by atoms with Crippen LogP contribution in [0.15, 0.2) is 103 Å². The third-order valence-electron chi connectivity index (χ3n) is 10.9. The van der Waals surface area contributed by atoms with Crippen molar-refractivity contribution in [2.45, 2.75) is 83.8 Å². The fourth-order valence-electron chi connectivity index (χ4n) is 8.85. The minimum absolute atomic E-state index is 0.0346. The molecule has 8 heteroatoms. The smallest absolute Gasteiger partial charge is 0.261 e. The van der Waals surface area contributed by atoms with Gasteiger partial charge in [0.25, 0.3) is 8.32 Å². The monoisotopic (exact) mass is 707 g/mol. The minimum atomic E-state index is -2.68. The second-order valence-electron chi connectivity index (χ2n) is 16.4. The van der Waals surface area contributed by atoms with Gasteiger partial charge in [-0.1, -0.05) is 124 Å². The predicted molar refractivity (Wildman–Crippen MR) is 204 cm³/mol. The Hall–Kier alpha value is -3.44. The summed E-state index contributed by atoms with van der Waals surface area (Å²) in [4.78, 5) is 44.2. The molecule has 2 aliphatic carbocycles. The van der Waals surface area contributed by atoms with E-state index in [1.165, 1.54) is 15.3 Å². The highest BCUT2D eigenvalue weighted by molar-refractivity contribution is 6.99. The van der Waals surface area contributed by atoms with Crippen LogP contribution in [0.3, 0.4) is 0 Å². The second-order valence-corrected chi connectivity index (χ2v) is 25.2. The number of imide groups is 1. The van der Waals surface area contributed by atoms with Crippen molar-refractivity contribution in [1.29, 1.82) is 0 Å². The van der Waals surface area contributed by atoms with Crippen LogP contribution in [0.5, 0.6) is 0 Å². The van der Waals surface area contributed by atoms with Crippen LogP contribution in [0.1, 0.15) is 52.0 Å². The summed E-state index contributed by atoms with van der Waals surface area (Å²) in [6.45, 7) is 14.0.